The Morgan fingerprint density at radius 1 is 1.17 bits per heavy atom. The van der Waals surface area contributed by atoms with Gasteiger partial charge in [0.15, 0.2) is 5.76 Å². The summed E-state index contributed by atoms with van der Waals surface area (Å²) in [6.07, 6.45) is 1.53. The highest BCUT2D eigenvalue weighted by atomic mass is 19.1. The minimum Gasteiger partial charge on any atom is -0.461 e. The number of hydrogen-bond donors (Lipinski definition) is 0. The lowest BCUT2D eigenvalue weighted by Gasteiger charge is -2.02. The molecule has 1 aromatic carbocycles. The molecule has 1 unspecified atom stereocenters. The lowest BCUT2D eigenvalue weighted by atomic mass is 10.2. The summed E-state index contributed by atoms with van der Waals surface area (Å²) in [6, 6.07) is 9.02. The van der Waals surface area contributed by atoms with Crippen LogP contribution < -0.4 is 0 Å². The van der Waals surface area contributed by atoms with E-state index in [0.717, 1.165) is 0 Å². The number of nitrogens with zero attached hydrogens (tertiary/aromatic N) is 6. The van der Waals surface area contributed by atoms with E-state index in [1.807, 2.05) is 0 Å². The third-order valence-electron chi connectivity index (χ3n) is 3.40. The molecular formula is C15H11FN6O2. The van der Waals surface area contributed by atoms with Crippen LogP contribution in [0.4, 0.5) is 4.39 Å². The first-order valence-electron chi connectivity index (χ1n) is 7.13. The first kappa shape index (κ1) is 14.2. The molecule has 3 heterocycles. The van der Waals surface area contributed by atoms with Crippen LogP contribution in [0, 0.1) is 5.82 Å². The molecule has 1 atom stereocenters. The predicted molar refractivity (Wildman–Crippen MR) is 79.0 cm³/mol. The fraction of sp³-hybridized carbons (Fsp3) is 0.133. The van der Waals surface area contributed by atoms with Gasteiger partial charge in [0, 0.05) is 5.56 Å². The summed E-state index contributed by atoms with van der Waals surface area (Å²) in [6.45, 7) is 1.79. The molecule has 0 bridgehead atoms. The molecule has 0 N–H and O–H groups in total. The van der Waals surface area contributed by atoms with Crippen LogP contribution in [0.5, 0.6) is 0 Å². The Kier molecular flexibility index (Phi) is 3.38. The zero-order valence-corrected chi connectivity index (χ0v) is 12.5. The summed E-state index contributed by atoms with van der Waals surface area (Å²) in [7, 11) is 0. The monoisotopic (exact) mass is 326 g/mol. The minimum absolute atomic E-state index is 0.310. The SMILES string of the molecule is CC(c1nc(-c2ccco2)no1)n1nnc(-c2cccc(F)c2)n1. The van der Waals surface area contributed by atoms with Crippen molar-refractivity contribution in [2.24, 2.45) is 0 Å². The van der Waals surface area contributed by atoms with Gasteiger partial charge in [0.2, 0.25) is 11.6 Å². The number of hydrogen-bond acceptors (Lipinski definition) is 7. The van der Waals surface area contributed by atoms with E-state index in [-0.39, 0.29) is 5.82 Å². The summed E-state index contributed by atoms with van der Waals surface area (Å²) in [5, 5.41) is 16.0. The van der Waals surface area contributed by atoms with Gasteiger partial charge in [0.25, 0.3) is 5.89 Å². The van der Waals surface area contributed by atoms with Crippen molar-refractivity contribution in [2.45, 2.75) is 13.0 Å². The van der Waals surface area contributed by atoms with Gasteiger partial charge in [-0.1, -0.05) is 17.3 Å². The molecular weight excluding hydrogens is 315 g/mol. The molecule has 3 aromatic heterocycles. The van der Waals surface area contributed by atoms with Gasteiger partial charge in [-0.15, -0.1) is 10.2 Å². The van der Waals surface area contributed by atoms with Crippen LogP contribution in [0.3, 0.4) is 0 Å². The van der Waals surface area contributed by atoms with Crippen molar-refractivity contribution in [1.29, 1.82) is 0 Å². The summed E-state index contributed by atoms with van der Waals surface area (Å²) in [5.41, 5.74) is 0.537. The smallest absolute Gasteiger partial charge is 0.253 e. The van der Waals surface area contributed by atoms with Crippen LogP contribution in [-0.2, 0) is 0 Å². The number of tetrazole rings is 1. The van der Waals surface area contributed by atoms with Gasteiger partial charge in [-0.2, -0.15) is 9.78 Å². The zero-order chi connectivity index (χ0) is 16.5. The fourth-order valence-electron chi connectivity index (χ4n) is 2.14. The van der Waals surface area contributed by atoms with Crippen molar-refractivity contribution in [1.82, 2.24) is 30.3 Å². The normalized spacial score (nSPS) is 12.4. The number of furan rings is 1. The van der Waals surface area contributed by atoms with E-state index in [4.69, 9.17) is 8.94 Å². The second-order valence-corrected chi connectivity index (χ2v) is 5.05. The molecule has 0 fully saturated rings. The molecule has 120 valence electrons. The molecule has 24 heavy (non-hydrogen) atoms. The van der Waals surface area contributed by atoms with Crippen molar-refractivity contribution in [3.05, 3.63) is 54.4 Å². The molecule has 0 amide bonds. The van der Waals surface area contributed by atoms with E-state index >= 15 is 0 Å². The maximum Gasteiger partial charge on any atom is 0.253 e. The van der Waals surface area contributed by atoms with Crippen LogP contribution in [0.25, 0.3) is 23.0 Å². The van der Waals surface area contributed by atoms with E-state index < -0.39 is 6.04 Å². The first-order chi connectivity index (χ1) is 11.7. The van der Waals surface area contributed by atoms with Crippen LogP contribution >= 0.6 is 0 Å². The standard InChI is InChI=1S/C15H11FN6O2/c1-9(15-17-14(20-24-15)12-6-3-7-23-12)22-19-13(18-21-22)10-4-2-5-11(16)8-10/h2-9H,1H3. The van der Waals surface area contributed by atoms with Crippen molar-refractivity contribution in [3.8, 4) is 23.0 Å². The van der Waals surface area contributed by atoms with Gasteiger partial charge in [-0.25, -0.2) is 4.39 Å². The Bertz CT molecular complexity index is 962. The highest BCUT2D eigenvalue weighted by molar-refractivity contribution is 5.53. The highest BCUT2D eigenvalue weighted by Gasteiger charge is 2.21. The summed E-state index contributed by atoms with van der Waals surface area (Å²) in [5.74, 6) is 1.10. The molecule has 0 saturated carbocycles. The maximum absolute atomic E-state index is 13.3. The maximum atomic E-state index is 13.3. The molecule has 4 aromatic rings. The number of benzene rings is 1. The van der Waals surface area contributed by atoms with Gasteiger partial charge >= 0.3 is 0 Å². The Balaban J connectivity index is 1.60. The van der Waals surface area contributed by atoms with Crippen molar-refractivity contribution < 1.29 is 13.3 Å². The highest BCUT2D eigenvalue weighted by Crippen LogP contribution is 2.21. The zero-order valence-electron chi connectivity index (χ0n) is 12.5. The van der Waals surface area contributed by atoms with E-state index in [0.29, 0.717) is 28.9 Å². The second-order valence-electron chi connectivity index (χ2n) is 5.05. The molecule has 8 nitrogen and oxygen atoms in total. The van der Waals surface area contributed by atoms with Crippen molar-refractivity contribution in [2.75, 3.05) is 0 Å². The van der Waals surface area contributed by atoms with Gasteiger partial charge in [-0.05, 0) is 36.4 Å². The molecule has 0 saturated heterocycles. The van der Waals surface area contributed by atoms with Crippen LogP contribution in [0.15, 0.2) is 51.6 Å². The summed E-state index contributed by atoms with van der Waals surface area (Å²) < 4.78 is 23.7. The first-order valence-corrected chi connectivity index (χ1v) is 7.13. The minimum atomic E-state index is -0.434. The topological polar surface area (TPSA) is 95.7 Å². The molecule has 0 radical (unpaired) electrons. The van der Waals surface area contributed by atoms with Gasteiger partial charge in [0.1, 0.15) is 11.9 Å². The average Bonchev–Trinajstić information content (AvgIpc) is 3.33. The second kappa shape index (κ2) is 5.69. The Labute approximate surface area is 134 Å². The van der Waals surface area contributed by atoms with Gasteiger partial charge < -0.3 is 8.94 Å². The fourth-order valence-corrected chi connectivity index (χ4v) is 2.14. The van der Waals surface area contributed by atoms with Crippen LogP contribution in [0.1, 0.15) is 18.9 Å². The molecule has 0 aliphatic rings. The summed E-state index contributed by atoms with van der Waals surface area (Å²) in [4.78, 5) is 5.60. The third-order valence-corrected chi connectivity index (χ3v) is 3.40. The van der Waals surface area contributed by atoms with Gasteiger partial charge in [0.05, 0.1) is 6.26 Å². The van der Waals surface area contributed by atoms with Gasteiger partial charge in [-0.3, -0.25) is 0 Å². The largest absolute Gasteiger partial charge is 0.461 e. The Hall–Kier alpha value is -3.36. The molecule has 0 spiro atoms. The molecule has 0 aliphatic heterocycles. The Morgan fingerprint density at radius 2 is 2.08 bits per heavy atom. The Morgan fingerprint density at radius 3 is 2.88 bits per heavy atom. The van der Waals surface area contributed by atoms with Crippen molar-refractivity contribution >= 4 is 0 Å². The molecule has 4 rings (SSSR count). The van der Waals surface area contributed by atoms with Crippen LogP contribution in [-0.4, -0.2) is 30.3 Å². The summed E-state index contributed by atoms with van der Waals surface area (Å²) >= 11 is 0. The number of aromatic nitrogens is 6. The number of halogens is 1. The lowest BCUT2D eigenvalue weighted by Crippen LogP contribution is -2.11. The van der Waals surface area contributed by atoms with Crippen LogP contribution in [0.2, 0.25) is 0 Å². The van der Waals surface area contributed by atoms with E-state index in [1.165, 1.54) is 23.2 Å². The van der Waals surface area contributed by atoms with E-state index in [2.05, 4.69) is 25.6 Å². The average molecular weight is 326 g/mol. The third kappa shape index (κ3) is 2.56. The lowest BCUT2D eigenvalue weighted by molar-refractivity contribution is 0.320. The quantitative estimate of drug-likeness (QED) is 0.569. The molecule has 0 aliphatic carbocycles. The molecule has 9 heteroatoms. The predicted octanol–water partition coefficient (Wildman–Crippen LogP) is 2.73. The van der Waals surface area contributed by atoms with E-state index in [1.54, 1.807) is 31.2 Å². The van der Waals surface area contributed by atoms with Crippen molar-refractivity contribution in [3.63, 3.8) is 0 Å². The van der Waals surface area contributed by atoms with E-state index in [9.17, 15) is 4.39 Å². The number of rotatable bonds is 4.